The summed E-state index contributed by atoms with van der Waals surface area (Å²) in [4.78, 5) is 2.64. The third-order valence-electron chi connectivity index (χ3n) is 5.11. The fourth-order valence-electron chi connectivity index (χ4n) is 3.93. The van der Waals surface area contributed by atoms with Crippen LogP contribution in [0.5, 0.6) is 11.5 Å². The molecule has 0 aromatic heterocycles. The first-order chi connectivity index (χ1) is 10.2. The van der Waals surface area contributed by atoms with Crippen LogP contribution in [0.25, 0.3) is 0 Å². The standard InChI is InChI=1S/C17H26N2O2/c1-12(15-9-14(20-2)6-7-17(15)21-3)19-8-4-5-13-10-18-11-16(13)19/h6-7,9,12-13,16,18H,4-5,8,10-11H2,1-3H3. The first kappa shape index (κ1) is 14.7. The smallest absolute Gasteiger partial charge is 0.123 e. The highest BCUT2D eigenvalue weighted by Gasteiger charge is 2.37. The molecule has 4 nitrogen and oxygen atoms in total. The molecule has 0 radical (unpaired) electrons. The summed E-state index contributed by atoms with van der Waals surface area (Å²) in [6.07, 6.45) is 2.65. The lowest BCUT2D eigenvalue weighted by molar-refractivity contribution is 0.0834. The SMILES string of the molecule is COc1ccc(OC)c(C(C)N2CCCC3CNCC32)c1. The van der Waals surface area contributed by atoms with E-state index in [1.165, 1.54) is 31.5 Å². The van der Waals surface area contributed by atoms with Crippen LogP contribution in [0.4, 0.5) is 0 Å². The van der Waals surface area contributed by atoms with Crippen LogP contribution in [0.1, 0.15) is 31.4 Å². The number of nitrogens with zero attached hydrogens (tertiary/aromatic N) is 1. The quantitative estimate of drug-likeness (QED) is 0.923. The molecule has 116 valence electrons. The number of piperidine rings is 1. The van der Waals surface area contributed by atoms with E-state index in [2.05, 4.69) is 23.2 Å². The fraction of sp³-hybridized carbons (Fsp3) is 0.647. The molecular formula is C17H26N2O2. The number of likely N-dealkylation sites (tertiary alicyclic amines) is 1. The second-order valence-corrected chi connectivity index (χ2v) is 6.15. The third kappa shape index (κ3) is 2.74. The van der Waals surface area contributed by atoms with Gasteiger partial charge in [0.15, 0.2) is 0 Å². The van der Waals surface area contributed by atoms with Gasteiger partial charge in [-0.2, -0.15) is 0 Å². The first-order valence-corrected chi connectivity index (χ1v) is 7.93. The van der Waals surface area contributed by atoms with Crippen LogP contribution in [-0.2, 0) is 0 Å². The highest BCUT2D eigenvalue weighted by Crippen LogP contribution is 2.37. The van der Waals surface area contributed by atoms with Crippen molar-refractivity contribution in [2.24, 2.45) is 5.92 Å². The van der Waals surface area contributed by atoms with Gasteiger partial charge in [-0.3, -0.25) is 4.90 Å². The Morgan fingerprint density at radius 3 is 2.86 bits per heavy atom. The van der Waals surface area contributed by atoms with Crippen molar-refractivity contribution < 1.29 is 9.47 Å². The Balaban J connectivity index is 1.88. The van der Waals surface area contributed by atoms with Gasteiger partial charge in [0.25, 0.3) is 0 Å². The summed E-state index contributed by atoms with van der Waals surface area (Å²) in [5, 5.41) is 3.55. The van der Waals surface area contributed by atoms with Crippen molar-refractivity contribution in [1.82, 2.24) is 10.2 Å². The molecule has 3 atom stereocenters. The van der Waals surface area contributed by atoms with Crippen molar-refractivity contribution in [3.8, 4) is 11.5 Å². The predicted molar refractivity (Wildman–Crippen MR) is 84.0 cm³/mol. The van der Waals surface area contributed by atoms with Gasteiger partial charge >= 0.3 is 0 Å². The Hall–Kier alpha value is -1.26. The second kappa shape index (κ2) is 6.24. The minimum Gasteiger partial charge on any atom is -0.497 e. The van der Waals surface area contributed by atoms with E-state index < -0.39 is 0 Å². The molecule has 2 heterocycles. The van der Waals surface area contributed by atoms with E-state index in [1.54, 1.807) is 14.2 Å². The fourth-order valence-corrected chi connectivity index (χ4v) is 3.93. The number of hydrogen-bond donors (Lipinski definition) is 1. The molecule has 0 bridgehead atoms. The molecule has 1 N–H and O–H groups in total. The van der Waals surface area contributed by atoms with Crippen molar-refractivity contribution in [1.29, 1.82) is 0 Å². The number of ether oxygens (including phenoxy) is 2. The summed E-state index contributed by atoms with van der Waals surface area (Å²) >= 11 is 0. The monoisotopic (exact) mass is 290 g/mol. The summed E-state index contributed by atoms with van der Waals surface area (Å²) < 4.78 is 11.0. The zero-order valence-electron chi connectivity index (χ0n) is 13.3. The van der Waals surface area contributed by atoms with E-state index in [9.17, 15) is 0 Å². The zero-order chi connectivity index (χ0) is 14.8. The summed E-state index contributed by atoms with van der Waals surface area (Å²) in [6, 6.07) is 7.10. The Labute approximate surface area is 127 Å². The van der Waals surface area contributed by atoms with Crippen LogP contribution in [0.3, 0.4) is 0 Å². The van der Waals surface area contributed by atoms with Gasteiger partial charge < -0.3 is 14.8 Å². The molecule has 2 aliphatic heterocycles. The van der Waals surface area contributed by atoms with Crippen molar-refractivity contribution in [3.05, 3.63) is 23.8 Å². The number of rotatable bonds is 4. The molecule has 1 aromatic rings. The Morgan fingerprint density at radius 2 is 2.10 bits per heavy atom. The van der Waals surface area contributed by atoms with Gasteiger partial charge in [0.05, 0.1) is 14.2 Å². The molecule has 0 saturated carbocycles. The van der Waals surface area contributed by atoms with Crippen molar-refractivity contribution in [3.63, 3.8) is 0 Å². The summed E-state index contributed by atoms with van der Waals surface area (Å²) in [6.45, 7) is 5.74. The van der Waals surface area contributed by atoms with Crippen LogP contribution in [0, 0.1) is 5.92 Å². The molecule has 4 heteroatoms. The molecule has 3 rings (SSSR count). The molecule has 2 saturated heterocycles. The van der Waals surface area contributed by atoms with Gasteiger partial charge in [0, 0.05) is 24.2 Å². The largest absolute Gasteiger partial charge is 0.497 e. The number of benzene rings is 1. The maximum absolute atomic E-state index is 5.57. The molecule has 2 fully saturated rings. The van der Waals surface area contributed by atoms with Crippen molar-refractivity contribution in [2.75, 3.05) is 33.9 Å². The lowest BCUT2D eigenvalue weighted by Gasteiger charge is -2.41. The van der Waals surface area contributed by atoms with Crippen molar-refractivity contribution in [2.45, 2.75) is 31.8 Å². The summed E-state index contributed by atoms with van der Waals surface area (Å²) in [5.41, 5.74) is 1.23. The van der Waals surface area contributed by atoms with Gasteiger partial charge in [-0.25, -0.2) is 0 Å². The van der Waals surface area contributed by atoms with Crippen molar-refractivity contribution >= 4 is 0 Å². The number of fused-ring (bicyclic) bond motifs is 1. The molecule has 0 spiro atoms. The lowest BCUT2D eigenvalue weighted by Crippen LogP contribution is -2.46. The van der Waals surface area contributed by atoms with E-state index in [0.29, 0.717) is 12.1 Å². The Morgan fingerprint density at radius 1 is 1.24 bits per heavy atom. The van der Waals surface area contributed by atoms with Gasteiger partial charge in [-0.1, -0.05) is 0 Å². The van der Waals surface area contributed by atoms with E-state index in [4.69, 9.17) is 9.47 Å². The minimum atomic E-state index is 0.350. The zero-order valence-corrected chi connectivity index (χ0v) is 13.3. The Kier molecular flexibility index (Phi) is 4.36. The molecule has 0 amide bonds. The Bertz CT molecular complexity index is 492. The average molecular weight is 290 g/mol. The number of nitrogens with one attached hydrogen (secondary N) is 1. The maximum Gasteiger partial charge on any atom is 0.123 e. The molecular weight excluding hydrogens is 264 g/mol. The number of methoxy groups -OCH3 is 2. The molecule has 2 aliphatic rings. The predicted octanol–water partition coefficient (Wildman–Crippen LogP) is 2.45. The summed E-state index contributed by atoms with van der Waals surface area (Å²) in [5.74, 6) is 2.66. The third-order valence-corrected chi connectivity index (χ3v) is 5.11. The lowest BCUT2D eigenvalue weighted by atomic mass is 9.89. The molecule has 1 aromatic carbocycles. The molecule has 21 heavy (non-hydrogen) atoms. The second-order valence-electron chi connectivity index (χ2n) is 6.15. The topological polar surface area (TPSA) is 33.7 Å². The van der Waals surface area contributed by atoms with E-state index in [0.717, 1.165) is 24.0 Å². The van der Waals surface area contributed by atoms with E-state index >= 15 is 0 Å². The molecule has 0 aliphatic carbocycles. The van der Waals surface area contributed by atoms with Gasteiger partial charge in [0.2, 0.25) is 0 Å². The van der Waals surface area contributed by atoms with Crippen LogP contribution in [0.2, 0.25) is 0 Å². The summed E-state index contributed by atoms with van der Waals surface area (Å²) in [7, 11) is 3.46. The van der Waals surface area contributed by atoms with Crippen LogP contribution < -0.4 is 14.8 Å². The maximum atomic E-state index is 5.57. The van der Waals surface area contributed by atoms with Gasteiger partial charge in [0.1, 0.15) is 11.5 Å². The van der Waals surface area contributed by atoms with Crippen LogP contribution in [-0.4, -0.2) is 44.8 Å². The average Bonchev–Trinajstić information content (AvgIpc) is 3.02. The first-order valence-electron chi connectivity index (χ1n) is 7.93. The van der Waals surface area contributed by atoms with Gasteiger partial charge in [-0.05, 0) is 57.0 Å². The molecule has 3 unspecified atom stereocenters. The van der Waals surface area contributed by atoms with Gasteiger partial charge in [-0.15, -0.1) is 0 Å². The van der Waals surface area contributed by atoms with E-state index in [-0.39, 0.29) is 0 Å². The normalized spacial score (nSPS) is 27.2. The van der Waals surface area contributed by atoms with E-state index in [1.807, 2.05) is 12.1 Å². The van der Waals surface area contributed by atoms with Crippen LogP contribution in [0.15, 0.2) is 18.2 Å². The highest BCUT2D eigenvalue weighted by molar-refractivity contribution is 5.42. The van der Waals surface area contributed by atoms with Crippen LogP contribution >= 0.6 is 0 Å². The highest BCUT2D eigenvalue weighted by atomic mass is 16.5. The number of hydrogen-bond acceptors (Lipinski definition) is 4. The minimum absolute atomic E-state index is 0.350.